The number of H-pyrrole nitrogens is 1. The lowest BCUT2D eigenvalue weighted by molar-refractivity contribution is -0.121. The molecule has 1 atom stereocenters. The number of nitrogens with zero attached hydrogens (tertiary/aromatic N) is 2. The average Bonchev–Trinajstić information content (AvgIpc) is 3.24. The van der Waals surface area contributed by atoms with E-state index >= 15 is 0 Å². The molecule has 1 aliphatic carbocycles. The van der Waals surface area contributed by atoms with Crippen LogP contribution < -0.4 is 5.32 Å². The van der Waals surface area contributed by atoms with Crippen LogP contribution in [0.3, 0.4) is 0 Å². The molecular weight excluding hydrogens is 416 g/mol. The van der Waals surface area contributed by atoms with Crippen LogP contribution in [-0.4, -0.2) is 54.8 Å². The summed E-state index contributed by atoms with van der Waals surface area (Å²) in [6, 6.07) is 17.6. The fourth-order valence-corrected chi connectivity index (χ4v) is 4.24. The SMILES string of the molecule is CN(C)CC=NC(=O)C(c1ccc2[nH]ccc2c1)C1CC(NC(=O)OCc2ccccc2)C1. The Hall–Kier alpha value is -3.45. The summed E-state index contributed by atoms with van der Waals surface area (Å²) in [5.41, 5.74) is 2.94. The van der Waals surface area contributed by atoms with Crippen LogP contribution in [0.1, 0.15) is 29.9 Å². The van der Waals surface area contributed by atoms with Gasteiger partial charge in [0.05, 0.1) is 5.92 Å². The third kappa shape index (κ3) is 5.87. The first-order valence-corrected chi connectivity index (χ1v) is 11.2. The molecule has 1 saturated carbocycles. The molecule has 1 fully saturated rings. The molecule has 0 aliphatic heterocycles. The van der Waals surface area contributed by atoms with Gasteiger partial charge < -0.3 is 19.9 Å². The fourth-order valence-electron chi connectivity index (χ4n) is 4.24. The number of hydrogen-bond donors (Lipinski definition) is 2. The molecule has 1 aromatic heterocycles. The summed E-state index contributed by atoms with van der Waals surface area (Å²) < 4.78 is 5.33. The van der Waals surface area contributed by atoms with Gasteiger partial charge in [0.1, 0.15) is 6.61 Å². The Morgan fingerprint density at radius 1 is 1.18 bits per heavy atom. The van der Waals surface area contributed by atoms with E-state index in [0.29, 0.717) is 19.4 Å². The van der Waals surface area contributed by atoms with Gasteiger partial charge in [0.15, 0.2) is 0 Å². The number of aromatic amines is 1. The molecule has 7 nitrogen and oxygen atoms in total. The molecule has 0 bridgehead atoms. The summed E-state index contributed by atoms with van der Waals surface area (Å²) >= 11 is 0. The number of carbonyl (C=O) groups excluding carboxylic acids is 2. The van der Waals surface area contributed by atoms with Crippen molar-refractivity contribution in [3.8, 4) is 0 Å². The highest BCUT2D eigenvalue weighted by Crippen LogP contribution is 2.41. The van der Waals surface area contributed by atoms with Crippen molar-refractivity contribution < 1.29 is 14.3 Å². The topological polar surface area (TPSA) is 86.8 Å². The van der Waals surface area contributed by atoms with Gasteiger partial charge in [0.2, 0.25) is 0 Å². The predicted octanol–water partition coefficient (Wildman–Crippen LogP) is 4.12. The largest absolute Gasteiger partial charge is 0.445 e. The minimum absolute atomic E-state index is 0.00434. The molecule has 172 valence electrons. The molecule has 2 amide bonds. The maximum absolute atomic E-state index is 13.1. The van der Waals surface area contributed by atoms with Crippen molar-refractivity contribution in [3.63, 3.8) is 0 Å². The van der Waals surface area contributed by atoms with Gasteiger partial charge in [-0.3, -0.25) is 4.79 Å². The van der Waals surface area contributed by atoms with Crippen molar-refractivity contribution >= 4 is 29.1 Å². The Bertz CT molecular complexity index is 1120. The molecule has 7 heteroatoms. The lowest BCUT2D eigenvalue weighted by Crippen LogP contribution is -2.47. The van der Waals surface area contributed by atoms with E-state index in [1.165, 1.54) is 0 Å². The molecule has 2 N–H and O–H groups in total. The highest BCUT2D eigenvalue weighted by Gasteiger charge is 2.40. The van der Waals surface area contributed by atoms with Gasteiger partial charge in [-0.05, 0) is 67.6 Å². The predicted molar refractivity (Wildman–Crippen MR) is 129 cm³/mol. The lowest BCUT2D eigenvalue weighted by Gasteiger charge is -2.39. The standard InChI is InChI=1S/C26H30N4O3/c1-30(2)13-12-28-25(31)24(20-8-9-23-19(14-20)10-11-27-23)21-15-22(16-21)29-26(32)33-17-18-6-4-3-5-7-18/h3-12,14,21-22,24,27H,13,15-17H2,1-2H3,(H,29,32). The second-order valence-electron chi connectivity index (χ2n) is 8.85. The van der Waals surface area contributed by atoms with Gasteiger partial charge in [-0.25, -0.2) is 9.79 Å². The minimum Gasteiger partial charge on any atom is -0.445 e. The number of benzene rings is 2. The highest BCUT2D eigenvalue weighted by atomic mass is 16.5. The monoisotopic (exact) mass is 446 g/mol. The van der Waals surface area contributed by atoms with Crippen molar-refractivity contribution in [3.05, 3.63) is 71.9 Å². The number of carbonyl (C=O) groups is 2. The summed E-state index contributed by atoms with van der Waals surface area (Å²) in [6.45, 7) is 0.846. The number of aliphatic imine (C=N–C) groups is 1. The van der Waals surface area contributed by atoms with E-state index in [4.69, 9.17) is 4.74 Å². The van der Waals surface area contributed by atoms with Crippen LogP contribution in [0.2, 0.25) is 0 Å². The minimum atomic E-state index is -0.428. The summed E-state index contributed by atoms with van der Waals surface area (Å²) in [7, 11) is 3.87. The van der Waals surface area contributed by atoms with E-state index in [1.54, 1.807) is 6.21 Å². The van der Waals surface area contributed by atoms with E-state index in [-0.39, 0.29) is 30.4 Å². The summed E-state index contributed by atoms with van der Waals surface area (Å²) in [5, 5.41) is 3.99. The molecule has 4 rings (SSSR count). The normalized spacial score (nSPS) is 18.9. The number of hydrogen-bond acceptors (Lipinski definition) is 4. The van der Waals surface area contributed by atoms with E-state index in [0.717, 1.165) is 22.0 Å². The lowest BCUT2D eigenvalue weighted by atomic mass is 9.69. The third-order valence-electron chi connectivity index (χ3n) is 6.05. The van der Waals surface area contributed by atoms with Crippen LogP contribution in [0.5, 0.6) is 0 Å². The third-order valence-corrected chi connectivity index (χ3v) is 6.05. The molecule has 0 spiro atoms. The zero-order valence-electron chi connectivity index (χ0n) is 19.0. The number of rotatable bonds is 8. The Kier molecular flexibility index (Phi) is 7.19. The second-order valence-corrected chi connectivity index (χ2v) is 8.85. The van der Waals surface area contributed by atoms with Gasteiger partial charge in [-0.1, -0.05) is 36.4 Å². The van der Waals surface area contributed by atoms with Gasteiger partial charge in [0, 0.05) is 30.5 Å². The average molecular weight is 447 g/mol. The second kappa shape index (κ2) is 10.4. The molecule has 3 aromatic rings. The number of nitrogens with one attached hydrogen (secondary N) is 2. The molecule has 33 heavy (non-hydrogen) atoms. The zero-order valence-corrected chi connectivity index (χ0v) is 19.0. The maximum atomic E-state index is 13.1. The Labute approximate surface area is 193 Å². The van der Waals surface area contributed by atoms with Crippen molar-refractivity contribution in [2.24, 2.45) is 10.9 Å². The number of ether oxygens (including phenoxy) is 1. The van der Waals surface area contributed by atoms with Gasteiger partial charge in [-0.2, -0.15) is 0 Å². The van der Waals surface area contributed by atoms with Crippen LogP contribution in [0.25, 0.3) is 10.9 Å². The number of aromatic nitrogens is 1. The molecule has 1 aliphatic rings. The summed E-state index contributed by atoms with van der Waals surface area (Å²) in [4.78, 5) is 34.7. The zero-order chi connectivity index (χ0) is 23.2. The molecule has 1 unspecified atom stereocenters. The first-order valence-electron chi connectivity index (χ1n) is 11.2. The smallest absolute Gasteiger partial charge is 0.407 e. The van der Waals surface area contributed by atoms with E-state index in [2.05, 4.69) is 21.4 Å². The molecule has 2 aromatic carbocycles. The maximum Gasteiger partial charge on any atom is 0.407 e. The van der Waals surface area contributed by atoms with Crippen LogP contribution in [0.15, 0.2) is 65.8 Å². The molecule has 1 heterocycles. The van der Waals surface area contributed by atoms with Crippen molar-refractivity contribution in [1.29, 1.82) is 0 Å². The van der Waals surface area contributed by atoms with E-state index in [9.17, 15) is 9.59 Å². The first kappa shape index (κ1) is 22.7. The molecule has 0 radical (unpaired) electrons. The van der Waals surface area contributed by atoms with Crippen molar-refractivity contribution in [1.82, 2.24) is 15.2 Å². The first-order chi connectivity index (χ1) is 16.0. The van der Waals surface area contributed by atoms with Gasteiger partial charge >= 0.3 is 6.09 Å². The summed E-state index contributed by atoms with van der Waals surface area (Å²) in [6.07, 6.45) is 4.56. The van der Waals surface area contributed by atoms with Crippen LogP contribution >= 0.6 is 0 Å². The van der Waals surface area contributed by atoms with E-state index in [1.807, 2.05) is 73.7 Å². The van der Waals surface area contributed by atoms with Crippen LogP contribution in [0.4, 0.5) is 4.79 Å². The highest BCUT2D eigenvalue weighted by molar-refractivity contribution is 5.92. The van der Waals surface area contributed by atoms with Crippen LogP contribution in [0, 0.1) is 5.92 Å². The van der Waals surface area contributed by atoms with Crippen LogP contribution in [-0.2, 0) is 16.1 Å². The number of amides is 2. The quantitative estimate of drug-likeness (QED) is 0.510. The van der Waals surface area contributed by atoms with Gasteiger partial charge in [0.25, 0.3) is 5.91 Å². The Morgan fingerprint density at radius 3 is 2.73 bits per heavy atom. The van der Waals surface area contributed by atoms with Gasteiger partial charge in [-0.15, -0.1) is 0 Å². The molecule has 0 saturated heterocycles. The fraction of sp³-hybridized carbons (Fsp3) is 0.346. The summed E-state index contributed by atoms with van der Waals surface area (Å²) in [5.74, 6) is -0.354. The van der Waals surface area contributed by atoms with E-state index < -0.39 is 6.09 Å². The number of alkyl carbamates (subject to hydrolysis) is 1. The molecular formula is C26H30N4O3. The Morgan fingerprint density at radius 2 is 1.97 bits per heavy atom. The number of fused-ring (bicyclic) bond motifs is 1. The van der Waals surface area contributed by atoms with Crippen molar-refractivity contribution in [2.45, 2.75) is 31.4 Å². The Balaban J connectivity index is 1.38. The van der Waals surface area contributed by atoms with Crippen molar-refractivity contribution in [2.75, 3.05) is 20.6 Å².